The predicted octanol–water partition coefficient (Wildman–Crippen LogP) is 2.46. The van der Waals surface area contributed by atoms with Gasteiger partial charge in [0.15, 0.2) is 0 Å². The summed E-state index contributed by atoms with van der Waals surface area (Å²) in [5.74, 6) is 2.50. The molecule has 1 nitrogen and oxygen atoms in total. The van der Waals surface area contributed by atoms with Crippen LogP contribution in [0.15, 0.2) is 0 Å². The number of terminal acetylenes is 1. The molecule has 0 atom stereocenters. The number of rotatable bonds is 3. The van der Waals surface area contributed by atoms with Gasteiger partial charge in [-0.2, -0.15) is 0 Å². The van der Waals surface area contributed by atoms with Crippen LogP contribution < -0.4 is 0 Å². The molecule has 1 aliphatic carbocycles. The molecule has 0 aliphatic heterocycles. The first-order valence-electron chi connectivity index (χ1n) is 4.53. The predicted molar refractivity (Wildman–Crippen MR) is 50.8 cm³/mol. The molecule has 1 rings (SSSR count). The van der Waals surface area contributed by atoms with Crippen LogP contribution in [0, 0.1) is 23.2 Å². The highest BCUT2D eigenvalue weighted by Gasteiger charge is 2.51. The maximum atomic E-state index is 5.40. The molecule has 0 radical (unpaired) electrons. The lowest BCUT2D eigenvalue weighted by Crippen LogP contribution is -2.27. The second kappa shape index (κ2) is 3.11. The summed E-state index contributed by atoms with van der Waals surface area (Å²) in [6.07, 6.45) is 7.70. The van der Waals surface area contributed by atoms with Crippen LogP contribution in [0.4, 0.5) is 0 Å². The average Bonchev–Trinajstić information content (AvgIpc) is 2.67. The van der Waals surface area contributed by atoms with Crippen LogP contribution in [-0.2, 0) is 4.74 Å². The molecule has 0 aromatic rings. The van der Waals surface area contributed by atoms with E-state index < -0.39 is 0 Å². The van der Waals surface area contributed by atoms with Gasteiger partial charge in [-0.1, -0.05) is 26.7 Å². The fourth-order valence-electron chi connectivity index (χ4n) is 1.57. The molecule has 1 heteroatoms. The molecule has 1 fully saturated rings. The maximum Gasteiger partial charge on any atom is 0.107 e. The van der Waals surface area contributed by atoms with E-state index in [4.69, 9.17) is 11.2 Å². The zero-order valence-corrected chi connectivity index (χ0v) is 8.31. The van der Waals surface area contributed by atoms with E-state index in [2.05, 4.69) is 26.7 Å². The monoisotopic (exact) mass is 166 g/mol. The van der Waals surface area contributed by atoms with Crippen molar-refractivity contribution in [2.45, 2.75) is 33.6 Å². The van der Waals surface area contributed by atoms with Gasteiger partial charge in [0.1, 0.15) is 6.61 Å². The lowest BCUT2D eigenvalue weighted by Gasteiger charge is -2.30. The molecule has 0 N–H and O–H groups in total. The minimum Gasteiger partial charge on any atom is -0.368 e. The highest BCUT2D eigenvalue weighted by Crippen LogP contribution is 2.58. The van der Waals surface area contributed by atoms with Gasteiger partial charge in [-0.25, -0.2) is 0 Å². The van der Waals surface area contributed by atoms with E-state index >= 15 is 0 Å². The molecule has 1 aliphatic rings. The Hall–Kier alpha value is -0.480. The quantitative estimate of drug-likeness (QED) is 0.462. The Labute approximate surface area is 75.5 Å². The Morgan fingerprint density at radius 2 is 2.00 bits per heavy atom. The van der Waals surface area contributed by atoms with Gasteiger partial charge in [-0.05, 0) is 23.7 Å². The first kappa shape index (κ1) is 9.61. The first-order chi connectivity index (χ1) is 5.52. The molecule has 0 amide bonds. The fraction of sp³-hybridized carbons (Fsp3) is 0.818. The van der Waals surface area contributed by atoms with Crippen LogP contribution >= 0.6 is 0 Å². The van der Waals surface area contributed by atoms with Crippen molar-refractivity contribution in [3.63, 3.8) is 0 Å². The molecule has 1 saturated carbocycles. The topological polar surface area (TPSA) is 9.23 Å². The highest BCUT2D eigenvalue weighted by molar-refractivity contribution is 5.01. The third kappa shape index (κ3) is 1.81. The van der Waals surface area contributed by atoms with E-state index in [9.17, 15) is 0 Å². The van der Waals surface area contributed by atoms with E-state index in [1.165, 1.54) is 12.8 Å². The summed E-state index contributed by atoms with van der Waals surface area (Å²) in [6.45, 7) is 8.12. The number of hydrogen-bond donors (Lipinski definition) is 0. The Morgan fingerprint density at radius 1 is 1.42 bits per heavy atom. The Balaban J connectivity index is 2.36. The summed E-state index contributed by atoms with van der Waals surface area (Å²) in [6, 6.07) is 0. The molecule has 0 aromatic heterocycles. The molecular weight excluding hydrogens is 148 g/mol. The zero-order chi connectivity index (χ0) is 9.24. The van der Waals surface area contributed by atoms with Crippen molar-refractivity contribution in [2.75, 3.05) is 13.2 Å². The van der Waals surface area contributed by atoms with Gasteiger partial charge in [-0.15, -0.1) is 6.42 Å². The highest BCUT2D eigenvalue weighted by atomic mass is 16.5. The SMILES string of the molecule is C#CCOCC1(C(C)(C)C)CC1. The van der Waals surface area contributed by atoms with Gasteiger partial charge in [0.25, 0.3) is 0 Å². The average molecular weight is 166 g/mol. The third-order valence-electron chi connectivity index (χ3n) is 3.01. The summed E-state index contributed by atoms with van der Waals surface area (Å²) in [7, 11) is 0. The van der Waals surface area contributed by atoms with Crippen LogP contribution in [0.2, 0.25) is 0 Å². The first-order valence-corrected chi connectivity index (χ1v) is 4.53. The summed E-state index contributed by atoms with van der Waals surface area (Å²) in [5, 5.41) is 0. The molecule has 68 valence electrons. The summed E-state index contributed by atoms with van der Waals surface area (Å²) in [4.78, 5) is 0. The lowest BCUT2D eigenvalue weighted by molar-refractivity contribution is 0.0570. The number of hydrogen-bond acceptors (Lipinski definition) is 1. The second-order valence-corrected chi connectivity index (χ2v) is 4.73. The summed E-state index contributed by atoms with van der Waals surface area (Å²) < 4.78 is 5.40. The van der Waals surface area contributed by atoms with Gasteiger partial charge in [0, 0.05) is 0 Å². The van der Waals surface area contributed by atoms with Crippen LogP contribution in [0.5, 0.6) is 0 Å². The van der Waals surface area contributed by atoms with Gasteiger partial charge in [-0.3, -0.25) is 0 Å². The normalized spacial score (nSPS) is 20.2. The van der Waals surface area contributed by atoms with E-state index in [0.29, 0.717) is 17.4 Å². The van der Waals surface area contributed by atoms with Crippen molar-refractivity contribution in [3.05, 3.63) is 0 Å². The zero-order valence-electron chi connectivity index (χ0n) is 8.31. The van der Waals surface area contributed by atoms with Crippen LogP contribution in [-0.4, -0.2) is 13.2 Å². The molecule has 0 aromatic carbocycles. The van der Waals surface area contributed by atoms with Crippen molar-refractivity contribution in [1.82, 2.24) is 0 Å². The Kier molecular flexibility index (Phi) is 2.49. The minimum atomic E-state index is 0.363. The van der Waals surface area contributed by atoms with Gasteiger partial charge < -0.3 is 4.74 Å². The maximum absolute atomic E-state index is 5.40. The van der Waals surface area contributed by atoms with E-state index in [1.54, 1.807) is 0 Å². The minimum absolute atomic E-state index is 0.363. The molecule has 0 saturated heterocycles. The van der Waals surface area contributed by atoms with Crippen LogP contribution in [0.3, 0.4) is 0 Å². The van der Waals surface area contributed by atoms with Crippen molar-refractivity contribution in [1.29, 1.82) is 0 Å². The second-order valence-electron chi connectivity index (χ2n) is 4.73. The van der Waals surface area contributed by atoms with E-state index in [-0.39, 0.29) is 0 Å². The molecule has 0 spiro atoms. The van der Waals surface area contributed by atoms with Gasteiger partial charge in [0.05, 0.1) is 6.61 Å². The van der Waals surface area contributed by atoms with Crippen molar-refractivity contribution >= 4 is 0 Å². The summed E-state index contributed by atoms with van der Waals surface area (Å²) in [5.41, 5.74) is 0.783. The van der Waals surface area contributed by atoms with E-state index in [0.717, 1.165) is 6.61 Å². The fourth-order valence-corrected chi connectivity index (χ4v) is 1.57. The number of ether oxygens (including phenoxy) is 1. The molecular formula is C11H18O. The standard InChI is InChI=1S/C11H18O/c1-5-8-12-9-11(6-7-11)10(2,3)4/h1H,6-9H2,2-4H3. The third-order valence-corrected chi connectivity index (χ3v) is 3.01. The largest absolute Gasteiger partial charge is 0.368 e. The molecule has 0 unspecified atom stereocenters. The molecule has 0 heterocycles. The lowest BCUT2D eigenvalue weighted by atomic mass is 9.78. The summed E-state index contributed by atoms with van der Waals surface area (Å²) >= 11 is 0. The van der Waals surface area contributed by atoms with Crippen molar-refractivity contribution in [2.24, 2.45) is 10.8 Å². The Morgan fingerprint density at radius 3 is 2.33 bits per heavy atom. The van der Waals surface area contributed by atoms with Gasteiger partial charge >= 0.3 is 0 Å². The molecule has 12 heavy (non-hydrogen) atoms. The van der Waals surface area contributed by atoms with Crippen molar-refractivity contribution < 1.29 is 4.74 Å². The van der Waals surface area contributed by atoms with Crippen molar-refractivity contribution in [3.8, 4) is 12.3 Å². The van der Waals surface area contributed by atoms with Crippen LogP contribution in [0.25, 0.3) is 0 Å². The van der Waals surface area contributed by atoms with Crippen LogP contribution in [0.1, 0.15) is 33.6 Å². The van der Waals surface area contributed by atoms with Gasteiger partial charge in [0.2, 0.25) is 0 Å². The molecule has 0 bridgehead atoms. The van der Waals surface area contributed by atoms with E-state index in [1.807, 2.05) is 0 Å². The smallest absolute Gasteiger partial charge is 0.107 e. The Bertz CT molecular complexity index is 188.